The summed E-state index contributed by atoms with van der Waals surface area (Å²) in [4.78, 5) is 26.9. The summed E-state index contributed by atoms with van der Waals surface area (Å²) in [6.45, 7) is 8.38. The van der Waals surface area contributed by atoms with E-state index in [0.717, 1.165) is 74.8 Å². The van der Waals surface area contributed by atoms with Gasteiger partial charge in [-0.25, -0.2) is 9.97 Å². The molecule has 3 saturated heterocycles. The van der Waals surface area contributed by atoms with Crippen LogP contribution < -0.4 is 4.90 Å². The van der Waals surface area contributed by atoms with Gasteiger partial charge < -0.3 is 19.1 Å². The number of carbonyl (C=O) groups is 1. The number of ether oxygens (including phenoxy) is 1. The zero-order valence-electron chi connectivity index (χ0n) is 19.1. The molecule has 3 aliphatic rings. The maximum Gasteiger partial charge on any atom is 0.251 e. The molecule has 0 saturated carbocycles. The highest BCUT2D eigenvalue weighted by atomic mass is 16.5. The molecular formula is C24H33N5O3. The molecule has 2 aromatic heterocycles. The van der Waals surface area contributed by atoms with E-state index in [2.05, 4.69) is 17.0 Å². The van der Waals surface area contributed by atoms with E-state index in [9.17, 15) is 4.79 Å². The lowest BCUT2D eigenvalue weighted by Crippen LogP contribution is -2.43. The van der Waals surface area contributed by atoms with Crippen LogP contribution in [0.1, 0.15) is 62.8 Å². The molecule has 5 rings (SSSR count). The van der Waals surface area contributed by atoms with E-state index in [0.29, 0.717) is 18.3 Å². The van der Waals surface area contributed by atoms with Crippen LogP contribution in [0.2, 0.25) is 0 Å². The minimum Gasteiger partial charge on any atom is -0.368 e. The summed E-state index contributed by atoms with van der Waals surface area (Å²) in [6, 6.07) is 1.95. The zero-order chi connectivity index (χ0) is 22.1. The van der Waals surface area contributed by atoms with Crippen LogP contribution in [0.25, 0.3) is 11.3 Å². The number of aryl methyl sites for hydroxylation is 1. The molecule has 0 spiro atoms. The Morgan fingerprint density at radius 2 is 1.97 bits per heavy atom. The van der Waals surface area contributed by atoms with Gasteiger partial charge in [-0.2, -0.15) is 0 Å². The van der Waals surface area contributed by atoms with E-state index < -0.39 is 0 Å². The Bertz CT molecular complexity index is 947. The summed E-state index contributed by atoms with van der Waals surface area (Å²) in [5.41, 5.74) is 2.79. The first-order valence-electron chi connectivity index (χ1n) is 12.0. The molecular weight excluding hydrogens is 406 g/mol. The lowest BCUT2D eigenvalue weighted by atomic mass is 9.90. The molecule has 0 unspecified atom stereocenters. The molecule has 5 heterocycles. The van der Waals surface area contributed by atoms with Crippen molar-refractivity contribution >= 4 is 11.9 Å². The Morgan fingerprint density at radius 1 is 1.12 bits per heavy atom. The fourth-order valence-corrected chi connectivity index (χ4v) is 5.25. The van der Waals surface area contributed by atoms with Gasteiger partial charge in [0.1, 0.15) is 6.10 Å². The Balaban J connectivity index is 1.38. The highest BCUT2D eigenvalue weighted by Gasteiger charge is 2.33. The van der Waals surface area contributed by atoms with Crippen molar-refractivity contribution in [2.75, 3.05) is 37.7 Å². The monoisotopic (exact) mass is 439 g/mol. The highest BCUT2D eigenvalue weighted by molar-refractivity contribution is 5.81. The number of carbonyl (C=O) groups excluding carboxylic acids is 1. The van der Waals surface area contributed by atoms with Crippen LogP contribution in [0.4, 0.5) is 5.95 Å². The first-order chi connectivity index (χ1) is 15.6. The Kier molecular flexibility index (Phi) is 6.13. The van der Waals surface area contributed by atoms with Crippen LogP contribution in [-0.2, 0) is 9.53 Å². The molecule has 0 aromatic carbocycles. The fraction of sp³-hybridized carbons (Fsp3) is 0.667. The molecule has 3 aliphatic heterocycles. The molecule has 2 aromatic rings. The van der Waals surface area contributed by atoms with Gasteiger partial charge in [0, 0.05) is 51.0 Å². The van der Waals surface area contributed by atoms with Crippen LogP contribution >= 0.6 is 0 Å². The highest BCUT2D eigenvalue weighted by Crippen LogP contribution is 2.36. The molecule has 0 N–H and O–H groups in total. The number of hydrogen-bond donors (Lipinski definition) is 0. The molecule has 0 aliphatic carbocycles. The predicted molar refractivity (Wildman–Crippen MR) is 120 cm³/mol. The summed E-state index contributed by atoms with van der Waals surface area (Å²) in [5.74, 6) is 2.59. The number of piperidine rings is 2. The van der Waals surface area contributed by atoms with Crippen molar-refractivity contribution < 1.29 is 14.1 Å². The summed E-state index contributed by atoms with van der Waals surface area (Å²) in [7, 11) is 0. The van der Waals surface area contributed by atoms with Gasteiger partial charge in [0.2, 0.25) is 5.95 Å². The Hall–Kier alpha value is -2.48. The second kappa shape index (κ2) is 9.17. The van der Waals surface area contributed by atoms with Crippen LogP contribution in [-0.4, -0.2) is 64.8 Å². The molecule has 172 valence electrons. The molecule has 32 heavy (non-hydrogen) atoms. The maximum atomic E-state index is 12.8. The second-order valence-electron chi connectivity index (χ2n) is 9.60. The Morgan fingerprint density at radius 3 is 2.66 bits per heavy atom. The molecule has 3 fully saturated rings. The van der Waals surface area contributed by atoms with Crippen LogP contribution in [0.15, 0.2) is 16.8 Å². The quantitative estimate of drug-likeness (QED) is 0.720. The molecule has 2 atom stereocenters. The SMILES string of the molecule is Cc1cc(-c2cnc(N3CCC[C@H](C)C3)nc2C2CCN(C(=O)[C@H]3CCCO3)CC2)on1. The summed E-state index contributed by atoms with van der Waals surface area (Å²) >= 11 is 0. The standard InChI is InChI=1S/C24H33N5O3/c1-16-5-3-9-29(15-16)24-25-14-19(21-13-17(2)27-32-21)22(26-24)18-7-10-28(11-8-18)23(30)20-6-4-12-31-20/h13-14,16,18,20H,3-12,15H2,1-2H3/t16-,20+/m0/s1. The average Bonchev–Trinajstić information content (AvgIpc) is 3.50. The van der Waals surface area contributed by atoms with Gasteiger partial charge in [0.15, 0.2) is 5.76 Å². The van der Waals surface area contributed by atoms with Crippen molar-refractivity contribution in [3.63, 3.8) is 0 Å². The second-order valence-corrected chi connectivity index (χ2v) is 9.60. The van der Waals surface area contributed by atoms with E-state index in [1.165, 1.54) is 12.8 Å². The number of likely N-dealkylation sites (tertiary alicyclic amines) is 1. The maximum absolute atomic E-state index is 12.8. The van der Waals surface area contributed by atoms with Crippen molar-refractivity contribution in [1.82, 2.24) is 20.0 Å². The van der Waals surface area contributed by atoms with E-state index in [1.807, 2.05) is 24.1 Å². The normalized spacial score (nSPS) is 24.8. The van der Waals surface area contributed by atoms with Gasteiger partial charge in [-0.1, -0.05) is 12.1 Å². The van der Waals surface area contributed by atoms with Gasteiger partial charge in [0.25, 0.3) is 5.91 Å². The van der Waals surface area contributed by atoms with Gasteiger partial charge in [-0.05, 0) is 51.4 Å². The first-order valence-corrected chi connectivity index (χ1v) is 12.0. The lowest BCUT2D eigenvalue weighted by Gasteiger charge is -2.34. The molecule has 0 radical (unpaired) electrons. The van der Waals surface area contributed by atoms with E-state index in [-0.39, 0.29) is 17.9 Å². The smallest absolute Gasteiger partial charge is 0.251 e. The van der Waals surface area contributed by atoms with Crippen molar-refractivity contribution in [3.8, 4) is 11.3 Å². The van der Waals surface area contributed by atoms with Crippen LogP contribution in [0.5, 0.6) is 0 Å². The average molecular weight is 440 g/mol. The third-order valence-electron chi connectivity index (χ3n) is 7.04. The van der Waals surface area contributed by atoms with Gasteiger partial charge in [0.05, 0.1) is 17.0 Å². The summed E-state index contributed by atoms with van der Waals surface area (Å²) in [6.07, 6.45) is 7.68. The van der Waals surface area contributed by atoms with Gasteiger partial charge in [-0.15, -0.1) is 0 Å². The first kappa shape index (κ1) is 21.4. The van der Waals surface area contributed by atoms with Crippen LogP contribution in [0, 0.1) is 12.8 Å². The van der Waals surface area contributed by atoms with Gasteiger partial charge in [-0.3, -0.25) is 4.79 Å². The molecule has 1 amide bonds. The van der Waals surface area contributed by atoms with Crippen molar-refractivity contribution in [2.24, 2.45) is 5.92 Å². The largest absolute Gasteiger partial charge is 0.368 e. The summed E-state index contributed by atoms with van der Waals surface area (Å²) < 4.78 is 11.2. The number of rotatable bonds is 4. The fourth-order valence-electron chi connectivity index (χ4n) is 5.25. The number of amides is 1. The van der Waals surface area contributed by atoms with E-state index >= 15 is 0 Å². The number of hydrogen-bond acceptors (Lipinski definition) is 7. The van der Waals surface area contributed by atoms with Crippen molar-refractivity contribution in [2.45, 2.75) is 64.4 Å². The van der Waals surface area contributed by atoms with E-state index in [4.69, 9.17) is 19.2 Å². The van der Waals surface area contributed by atoms with Crippen molar-refractivity contribution in [3.05, 3.63) is 23.7 Å². The summed E-state index contributed by atoms with van der Waals surface area (Å²) in [5, 5.41) is 4.07. The number of nitrogens with zero attached hydrogens (tertiary/aromatic N) is 5. The molecule has 8 nitrogen and oxygen atoms in total. The zero-order valence-corrected chi connectivity index (χ0v) is 19.1. The lowest BCUT2D eigenvalue weighted by molar-refractivity contribution is -0.142. The van der Waals surface area contributed by atoms with Crippen LogP contribution in [0.3, 0.4) is 0 Å². The number of aromatic nitrogens is 3. The Labute approximate surface area is 189 Å². The molecule has 8 heteroatoms. The van der Waals surface area contributed by atoms with E-state index in [1.54, 1.807) is 0 Å². The molecule has 0 bridgehead atoms. The van der Waals surface area contributed by atoms with Gasteiger partial charge >= 0.3 is 0 Å². The third kappa shape index (κ3) is 4.37. The topological polar surface area (TPSA) is 84.6 Å². The number of anilines is 1. The minimum atomic E-state index is -0.244. The third-order valence-corrected chi connectivity index (χ3v) is 7.04. The predicted octanol–water partition coefficient (Wildman–Crippen LogP) is 3.56. The minimum absolute atomic E-state index is 0.151. The van der Waals surface area contributed by atoms with Crippen molar-refractivity contribution in [1.29, 1.82) is 0 Å².